The highest BCUT2D eigenvalue weighted by atomic mass is 16.5. The molecule has 1 aromatic carbocycles. The number of rotatable bonds is 4. The fourth-order valence-electron chi connectivity index (χ4n) is 2.66. The normalized spacial score (nSPS) is 16.7. The molecule has 1 heterocycles. The van der Waals surface area contributed by atoms with Gasteiger partial charge in [0.1, 0.15) is 0 Å². The van der Waals surface area contributed by atoms with E-state index in [1.165, 1.54) is 6.42 Å². The first-order chi connectivity index (χ1) is 9.65. The quantitative estimate of drug-likeness (QED) is 0.864. The van der Waals surface area contributed by atoms with Crippen LogP contribution in [0.2, 0.25) is 0 Å². The highest BCUT2D eigenvalue weighted by molar-refractivity contribution is 5.73. The van der Waals surface area contributed by atoms with Gasteiger partial charge in [-0.05, 0) is 55.7 Å². The highest BCUT2D eigenvalue weighted by Crippen LogP contribution is 2.42. The van der Waals surface area contributed by atoms with Crippen LogP contribution in [0.15, 0.2) is 18.2 Å². The molecule has 0 atom stereocenters. The number of benzene rings is 1. The maximum absolute atomic E-state index is 6.02. The first-order valence-corrected chi connectivity index (χ1v) is 6.96. The summed E-state index contributed by atoms with van der Waals surface area (Å²) in [5, 5.41) is 12.2. The molecule has 6 nitrogen and oxygen atoms in total. The maximum atomic E-state index is 6.02. The Bertz CT molecular complexity index is 618. The zero-order chi connectivity index (χ0) is 14.2. The van der Waals surface area contributed by atoms with Crippen molar-refractivity contribution in [3.63, 3.8) is 0 Å². The maximum Gasteiger partial charge on any atom is 0.186 e. The average Bonchev–Trinajstić information content (AvgIpc) is 2.88. The molecule has 1 aromatic heterocycles. The van der Waals surface area contributed by atoms with Gasteiger partial charge in [0.05, 0.1) is 23.4 Å². The Hall–Kier alpha value is -2.11. The van der Waals surface area contributed by atoms with Crippen LogP contribution in [0.3, 0.4) is 0 Å². The molecule has 1 aliphatic carbocycles. The Balaban J connectivity index is 2.10. The van der Waals surface area contributed by atoms with Crippen LogP contribution < -0.4 is 10.5 Å². The minimum Gasteiger partial charge on any atom is -0.491 e. The SMILES string of the molecule is CCOc1c(N)cccc1-c1nnnn1C1(C)CCC1. The Morgan fingerprint density at radius 3 is 2.85 bits per heavy atom. The van der Waals surface area contributed by atoms with E-state index in [2.05, 4.69) is 22.4 Å². The van der Waals surface area contributed by atoms with Crippen molar-refractivity contribution in [2.45, 2.75) is 38.6 Å². The molecule has 0 spiro atoms. The molecule has 0 aliphatic heterocycles. The summed E-state index contributed by atoms with van der Waals surface area (Å²) in [6.07, 6.45) is 3.40. The molecule has 106 valence electrons. The summed E-state index contributed by atoms with van der Waals surface area (Å²) in [7, 11) is 0. The van der Waals surface area contributed by atoms with E-state index in [1.807, 2.05) is 29.8 Å². The molecule has 0 bridgehead atoms. The van der Waals surface area contributed by atoms with Crippen molar-refractivity contribution >= 4 is 5.69 Å². The fraction of sp³-hybridized carbons (Fsp3) is 0.500. The molecule has 2 aromatic rings. The van der Waals surface area contributed by atoms with Crippen LogP contribution in [-0.2, 0) is 5.54 Å². The van der Waals surface area contributed by atoms with Crippen LogP contribution in [0, 0.1) is 0 Å². The molecule has 6 heteroatoms. The fourth-order valence-corrected chi connectivity index (χ4v) is 2.66. The van der Waals surface area contributed by atoms with Crippen molar-refractivity contribution in [1.29, 1.82) is 0 Å². The number of tetrazole rings is 1. The number of nitrogen functional groups attached to an aromatic ring is 1. The molecule has 0 amide bonds. The summed E-state index contributed by atoms with van der Waals surface area (Å²) in [6, 6.07) is 5.68. The van der Waals surface area contributed by atoms with Crippen molar-refractivity contribution in [3.8, 4) is 17.1 Å². The Labute approximate surface area is 117 Å². The molecule has 1 saturated carbocycles. The van der Waals surface area contributed by atoms with Crippen LogP contribution in [0.4, 0.5) is 5.69 Å². The second-order valence-corrected chi connectivity index (χ2v) is 5.42. The molecule has 1 fully saturated rings. The van der Waals surface area contributed by atoms with Gasteiger partial charge in [-0.25, -0.2) is 4.68 Å². The predicted octanol–water partition coefficient (Wildman–Crippen LogP) is 2.22. The molecule has 2 N–H and O–H groups in total. The van der Waals surface area contributed by atoms with Gasteiger partial charge in [-0.3, -0.25) is 0 Å². The van der Waals surface area contributed by atoms with E-state index in [-0.39, 0.29) is 5.54 Å². The number of hydrogen-bond acceptors (Lipinski definition) is 5. The van der Waals surface area contributed by atoms with E-state index in [0.29, 0.717) is 18.0 Å². The first kappa shape index (κ1) is 12.9. The van der Waals surface area contributed by atoms with E-state index in [0.717, 1.165) is 24.2 Å². The van der Waals surface area contributed by atoms with E-state index >= 15 is 0 Å². The number of nitrogens with two attached hydrogens (primary N) is 1. The van der Waals surface area contributed by atoms with Crippen molar-refractivity contribution in [2.24, 2.45) is 0 Å². The van der Waals surface area contributed by atoms with Crippen LogP contribution in [0.25, 0.3) is 11.4 Å². The van der Waals surface area contributed by atoms with Crippen LogP contribution >= 0.6 is 0 Å². The standard InChI is InChI=1S/C14H19N5O/c1-3-20-12-10(6-4-7-11(12)15)13-16-17-18-19(13)14(2)8-5-9-14/h4,6-7H,3,5,8-9,15H2,1-2H3. The van der Waals surface area contributed by atoms with Crippen LogP contribution in [0.1, 0.15) is 33.1 Å². The minimum absolute atomic E-state index is 0.00687. The van der Waals surface area contributed by atoms with Crippen molar-refractivity contribution in [2.75, 3.05) is 12.3 Å². The minimum atomic E-state index is 0.00687. The highest BCUT2D eigenvalue weighted by Gasteiger charge is 2.37. The zero-order valence-corrected chi connectivity index (χ0v) is 11.8. The molecule has 20 heavy (non-hydrogen) atoms. The molecular formula is C14H19N5O. The lowest BCUT2D eigenvalue weighted by Gasteiger charge is -2.38. The number of hydrogen-bond donors (Lipinski definition) is 1. The van der Waals surface area contributed by atoms with Crippen LogP contribution in [0.5, 0.6) is 5.75 Å². The van der Waals surface area contributed by atoms with Gasteiger partial charge in [0.25, 0.3) is 0 Å². The second kappa shape index (κ2) is 4.77. The van der Waals surface area contributed by atoms with Gasteiger partial charge in [0, 0.05) is 0 Å². The smallest absolute Gasteiger partial charge is 0.186 e. The lowest BCUT2D eigenvalue weighted by molar-refractivity contribution is 0.148. The third-order valence-corrected chi connectivity index (χ3v) is 3.99. The van der Waals surface area contributed by atoms with E-state index in [4.69, 9.17) is 10.5 Å². The number of para-hydroxylation sites is 1. The molecular weight excluding hydrogens is 254 g/mol. The largest absolute Gasteiger partial charge is 0.491 e. The van der Waals surface area contributed by atoms with E-state index < -0.39 is 0 Å². The van der Waals surface area contributed by atoms with Gasteiger partial charge in [-0.1, -0.05) is 6.07 Å². The number of anilines is 1. The average molecular weight is 273 g/mol. The molecule has 0 saturated heterocycles. The van der Waals surface area contributed by atoms with Crippen LogP contribution in [-0.4, -0.2) is 26.8 Å². The second-order valence-electron chi connectivity index (χ2n) is 5.42. The third-order valence-electron chi connectivity index (χ3n) is 3.99. The van der Waals surface area contributed by atoms with Gasteiger partial charge < -0.3 is 10.5 Å². The van der Waals surface area contributed by atoms with Gasteiger partial charge in [0.15, 0.2) is 11.6 Å². The van der Waals surface area contributed by atoms with E-state index in [9.17, 15) is 0 Å². The predicted molar refractivity (Wildman–Crippen MR) is 76.3 cm³/mol. The summed E-state index contributed by atoms with van der Waals surface area (Å²) in [5.74, 6) is 1.39. The Kier molecular flexibility index (Phi) is 3.08. The van der Waals surface area contributed by atoms with Gasteiger partial charge in [-0.2, -0.15) is 0 Å². The third kappa shape index (κ3) is 1.92. The molecule has 3 rings (SSSR count). The van der Waals surface area contributed by atoms with Gasteiger partial charge in [0.2, 0.25) is 0 Å². The Morgan fingerprint density at radius 1 is 1.40 bits per heavy atom. The first-order valence-electron chi connectivity index (χ1n) is 6.96. The van der Waals surface area contributed by atoms with Crippen molar-refractivity contribution in [3.05, 3.63) is 18.2 Å². The summed E-state index contributed by atoms with van der Waals surface area (Å²) < 4.78 is 7.59. The Morgan fingerprint density at radius 2 is 2.20 bits per heavy atom. The number of nitrogens with zero attached hydrogens (tertiary/aromatic N) is 4. The topological polar surface area (TPSA) is 78.8 Å². The molecule has 0 radical (unpaired) electrons. The number of ether oxygens (including phenoxy) is 1. The van der Waals surface area contributed by atoms with Crippen molar-refractivity contribution in [1.82, 2.24) is 20.2 Å². The molecule has 0 unspecified atom stereocenters. The zero-order valence-electron chi connectivity index (χ0n) is 11.8. The lowest BCUT2D eigenvalue weighted by atomic mass is 9.78. The van der Waals surface area contributed by atoms with Crippen molar-refractivity contribution < 1.29 is 4.74 Å². The summed E-state index contributed by atoms with van der Waals surface area (Å²) >= 11 is 0. The summed E-state index contributed by atoms with van der Waals surface area (Å²) in [4.78, 5) is 0. The molecule has 1 aliphatic rings. The summed E-state index contributed by atoms with van der Waals surface area (Å²) in [5.41, 5.74) is 7.48. The lowest BCUT2D eigenvalue weighted by Crippen LogP contribution is -2.38. The van der Waals surface area contributed by atoms with E-state index in [1.54, 1.807) is 0 Å². The summed E-state index contributed by atoms with van der Waals surface area (Å²) in [6.45, 7) is 4.68. The number of aromatic nitrogens is 4. The monoisotopic (exact) mass is 273 g/mol. The van der Waals surface area contributed by atoms with Gasteiger partial charge >= 0.3 is 0 Å². The van der Waals surface area contributed by atoms with Gasteiger partial charge in [-0.15, -0.1) is 5.10 Å².